The third-order valence-electron chi connectivity index (χ3n) is 0.832. The fourth-order valence-electron chi connectivity index (χ4n) is 0.455. The molecule has 0 atom stereocenters. The van der Waals surface area contributed by atoms with E-state index in [0.29, 0.717) is 5.56 Å². The number of nitrogens with zero attached hydrogens (tertiary/aromatic N) is 1. The number of hydrogen-bond acceptors (Lipinski definition) is 2. The molecule has 1 aromatic heterocycles. The Balaban J connectivity index is 3.28. The predicted molar refractivity (Wildman–Crippen MR) is 32.8 cm³/mol. The maximum atomic E-state index is 10.4. The van der Waals surface area contributed by atoms with Crippen molar-refractivity contribution < 1.29 is 0 Å². The summed E-state index contributed by atoms with van der Waals surface area (Å²) in [5.41, 5.74) is 0.226. The van der Waals surface area contributed by atoms with Gasteiger partial charge in [0.05, 0.1) is 6.20 Å². The molecule has 1 rings (SSSR count). The van der Waals surface area contributed by atoms with Crippen LogP contribution in [0.1, 0.15) is 5.56 Å². The molecule has 0 amide bonds. The minimum absolute atomic E-state index is 0.273. The van der Waals surface area contributed by atoms with Gasteiger partial charge in [-0.1, -0.05) is 5.92 Å². The average Bonchev–Trinajstić information content (AvgIpc) is 1.88. The lowest BCUT2D eigenvalue weighted by molar-refractivity contribution is 0.984. The fraction of sp³-hybridized carbons (Fsp3) is 0. The van der Waals surface area contributed by atoms with Crippen molar-refractivity contribution in [3.63, 3.8) is 0 Å². The molecule has 0 aliphatic rings. The van der Waals surface area contributed by atoms with Crippen LogP contribution in [0.25, 0.3) is 0 Å². The minimum atomic E-state index is -0.273. The quantitative estimate of drug-likeness (QED) is 0.480. The maximum absolute atomic E-state index is 10.4. The Morgan fingerprint density at radius 3 is 3.00 bits per heavy atom. The summed E-state index contributed by atoms with van der Waals surface area (Å²) in [6, 6.07) is 1.31. The van der Waals surface area contributed by atoms with E-state index in [9.17, 15) is 4.79 Å². The van der Waals surface area contributed by atoms with E-state index in [-0.39, 0.29) is 5.56 Å². The highest BCUT2D eigenvalue weighted by atomic mass is 16.1. The normalized spacial score (nSPS) is 8.33. The molecule has 1 aromatic rings. The maximum Gasteiger partial charge on any atom is 0.265 e. The third-order valence-corrected chi connectivity index (χ3v) is 0.832. The summed E-state index contributed by atoms with van der Waals surface area (Å²) < 4.78 is 0. The Morgan fingerprint density at radius 2 is 2.56 bits per heavy atom. The number of H-pyrrole nitrogens is 1. The molecule has 3 nitrogen and oxygen atoms in total. The first-order valence-electron chi connectivity index (χ1n) is 2.34. The molecule has 0 saturated heterocycles. The van der Waals surface area contributed by atoms with Crippen molar-refractivity contribution >= 4 is 0 Å². The highest BCUT2D eigenvalue weighted by Crippen LogP contribution is 1.82. The predicted octanol–water partition coefficient (Wildman–Crippen LogP) is -0.249. The van der Waals surface area contributed by atoms with Crippen LogP contribution in [0.4, 0.5) is 0 Å². The second-order valence-electron chi connectivity index (χ2n) is 1.48. The zero-order valence-corrected chi connectivity index (χ0v) is 4.59. The monoisotopic (exact) mass is 120 g/mol. The topological polar surface area (TPSA) is 45.8 Å². The van der Waals surface area contributed by atoms with Crippen LogP contribution in [-0.2, 0) is 0 Å². The molecule has 9 heavy (non-hydrogen) atoms. The standard InChI is InChI=1S/C6H4N2O/c1-2-5-3-6(9)8-7-4-5/h1,3-4H,(H,8,9). The smallest absolute Gasteiger partial charge is 0.265 e. The van der Waals surface area contributed by atoms with Crippen molar-refractivity contribution in [2.24, 2.45) is 0 Å². The first-order chi connectivity index (χ1) is 4.33. The van der Waals surface area contributed by atoms with Crippen LogP contribution >= 0.6 is 0 Å². The van der Waals surface area contributed by atoms with E-state index in [2.05, 4.69) is 16.1 Å². The molecule has 0 aliphatic carbocycles. The number of nitrogens with one attached hydrogen (secondary N) is 1. The number of terminal acetylenes is 1. The van der Waals surface area contributed by atoms with Crippen molar-refractivity contribution in [3.8, 4) is 12.3 Å². The van der Waals surface area contributed by atoms with Crippen LogP contribution in [0.15, 0.2) is 17.1 Å². The minimum Gasteiger partial charge on any atom is -0.268 e. The molecule has 0 spiro atoms. The molecule has 1 heterocycles. The van der Waals surface area contributed by atoms with Gasteiger partial charge in [-0.15, -0.1) is 6.42 Å². The Hall–Kier alpha value is -1.56. The third kappa shape index (κ3) is 1.16. The van der Waals surface area contributed by atoms with Gasteiger partial charge in [0.15, 0.2) is 0 Å². The number of aromatic amines is 1. The van der Waals surface area contributed by atoms with Gasteiger partial charge in [0.1, 0.15) is 0 Å². The van der Waals surface area contributed by atoms with Gasteiger partial charge in [0, 0.05) is 11.6 Å². The van der Waals surface area contributed by atoms with E-state index in [1.54, 1.807) is 0 Å². The van der Waals surface area contributed by atoms with Gasteiger partial charge in [-0.3, -0.25) is 4.79 Å². The van der Waals surface area contributed by atoms with E-state index < -0.39 is 0 Å². The van der Waals surface area contributed by atoms with Crippen LogP contribution in [-0.4, -0.2) is 10.2 Å². The van der Waals surface area contributed by atoms with Crippen molar-refractivity contribution in [2.45, 2.75) is 0 Å². The summed E-state index contributed by atoms with van der Waals surface area (Å²) >= 11 is 0. The van der Waals surface area contributed by atoms with Gasteiger partial charge in [-0.05, 0) is 0 Å². The van der Waals surface area contributed by atoms with Crippen molar-refractivity contribution in [2.75, 3.05) is 0 Å². The molecule has 44 valence electrons. The number of aromatic nitrogens is 2. The van der Waals surface area contributed by atoms with Crippen molar-refractivity contribution in [3.05, 3.63) is 28.2 Å². The first-order valence-corrected chi connectivity index (χ1v) is 2.34. The molecule has 1 N–H and O–H groups in total. The van der Waals surface area contributed by atoms with Crippen LogP contribution in [0.2, 0.25) is 0 Å². The molecular formula is C6H4N2O. The molecule has 0 unspecified atom stereocenters. The molecule has 0 fully saturated rings. The van der Waals surface area contributed by atoms with Gasteiger partial charge in [-0.2, -0.15) is 5.10 Å². The second-order valence-corrected chi connectivity index (χ2v) is 1.48. The molecule has 3 heteroatoms. The van der Waals surface area contributed by atoms with Gasteiger partial charge in [-0.25, -0.2) is 5.10 Å². The summed E-state index contributed by atoms with van der Waals surface area (Å²) in [6.45, 7) is 0. The van der Waals surface area contributed by atoms with Crippen LogP contribution in [0.5, 0.6) is 0 Å². The molecule has 0 aromatic carbocycles. The van der Waals surface area contributed by atoms with Gasteiger partial charge >= 0.3 is 0 Å². The van der Waals surface area contributed by atoms with Crippen LogP contribution in [0.3, 0.4) is 0 Å². The Bertz CT molecular complexity index is 294. The van der Waals surface area contributed by atoms with E-state index in [0.717, 1.165) is 0 Å². The van der Waals surface area contributed by atoms with E-state index in [1.807, 2.05) is 0 Å². The van der Waals surface area contributed by atoms with Crippen molar-refractivity contribution in [1.82, 2.24) is 10.2 Å². The van der Waals surface area contributed by atoms with Gasteiger partial charge in [0.2, 0.25) is 0 Å². The molecule has 0 radical (unpaired) electrons. The summed E-state index contributed by atoms with van der Waals surface area (Å²) in [4.78, 5) is 10.4. The lowest BCUT2D eigenvalue weighted by atomic mass is 10.3. The Kier molecular flexibility index (Phi) is 1.32. The molecular weight excluding hydrogens is 116 g/mol. The van der Waals surface area contributed by atoms with Crippen LogP contribution < -0.4 is 5.56 Å². The molecule has 0 saturated carbocycles. The zero-order valence-electron chi connectivity index (χ0n) is 4.59. The van der Waals surface area contributed by atoms with Crippen LogP contribution in [0, 0.1) is 12.3 Å². The summed E-state index contributed by atoms with van der Waals surface area (Å²) in [6.07, 6.45) is 6.39. The second kappa shape index (κ2) is 2.14. The lowest BCUT2D eigenvalue weighted by Crippen LogP contribution is -2.05. The number of hydrogen-bond donors (Lipinski definition) is 1. The Labute approximate surface area is 51.7 Å². The van der Waals surface area contributed by atoms with E-state index >= 15 is 0 Å². The van der Waals surface area contributed by atoms with E-state index in [4.69, 9.17) is 6.42 Å². The SMILES string of the molecule is C#Cc1cn[nH]c(=O)c1. The van der Waals surface area contributed by atoms with Crippen molar-refractivity contribution in [1.29, 1.82) is 0 Å². The average molecular weight is 120 g/mol. The Morgan fingerprint density at radius 1 is 1.78 bits per heavy atom. The zero-order chi connectivity index (χ0) is 6.69. The summed E-state index contributed by atoms with van der Waals surface area (Å²) in [5.74, 6) is 2.29. The molecule has 0 aliphatic heterocycles. The number of rotatable bonds is 0. The highest BCUT2D eigenvalue weighted by molar-refractivity contribution is 5.26. The lowest BCUT2D eigenvalue weighted by Gasteiger charge is -1.82. The van der Waals surface area contributed by atoms with Gasteiger partial charge in [0.25, 0.3) is 5.56 Å². The summed E-state index contributed by atoms with van der Waals surface area (Å²) in [5, 5.41) is 5.68. The molecule has 0 bridgehead atoms. The highest BCUT2D eigenvalue weighted by Gasteiger charge is 1.84. The van der Waals surface area contributed by atoms with E-state index in [1.165, 1.54) is 12.3 Å². The fourth-order valence-corrected chi connectivity index (χ4v) is 0.455. The van der Waals surface area contributed by atoms with Gasteiger partial charge < -0.3 is 0 Å². The largest absolute Gasteiger partial charge is 0.268 e. The first kappa shape index (κ1) is 5.57. The summed E-state index contributed by atoms with van der Waals surface area (Å²) in [7, 11) is 0.